The van der Waals surface area contributed by atoms with E-state index in [-0.39, 0.29) is 38.1 Å². The topological polar surface area (TPSA) is 75.9 Å². The average Bonchev–Trinajstić information content (AvgIpc) is 2.59. The van der Waals surface area contributed by atoms with Crippen LogP contribution in [0.3, 0.4) is 0 Å². The number of rotatable bonds is 5. The van der Waals surface area contributed by atoms with E-state index < -0.39 is 23.1 Å². The molecule has 132 valence electrons. The standard InChI is InChI=1S/C16H21F2N3O3/c1-24-11(10-19)9-14(22)20-5-7-21(8-6-20)16(23)15-12(17)3-2-4-13(15)18/h2-4,11H,5-10,19H2,1H3. The first-order valence-electron chi connectivity index (χ1n) is 7.71. The predicted octanol–water partition coefficient (Wildman–Crippen LogP) is 0.613. The summed E-state index contributed by atoms with van der Waals surface area (Å²) in [6.45, 7) is 1.30. The number of piperazine rings is 1. The van der Waals surface area contributed by atoms with Crippen molar-refractivity contribution < 1.29 is 23.1 Å². The Hall–Kier alpha value is -2.06. The highest BCUT2D eigenvalue weighted by Gasteiger charge is 2.28. The molecule has 6 nitrogen and oxygen atoms in total. The molecule has 1 heterocycles. The molecule has 0 saturated carbocycles. The van der Waals surface area contributed by atoms with Crippen molar-refractivity contribution in [2.45, 2.75) is 12.5 Å². The zero-order chi connectivity index (χ0) is 17.7. The molecule has 1 saturated heterocycles. The van der Waals surface area contributed by atoms with E-state index in [1.54, 1.807) is 4.90 Å². The van der Waals surface area contributed by atoms with E-state index in [1.807, 2.05) is 0 Å². The van der Waals surface area contributed by atoms with Gasteiger partial charge in [-0.3, -0.25) is 9.59 Å². The summed E-state index contributed by atoms with van der Waals surface area (Å²) >= 11 is 0. The number of hydrogen-bond donors (Lipinski definition) is 1. The van der Waals surface area contributed by atoms with Gasteiger partial charge in [0.1, 0.15) is 17.2 Å². The number of nitrogens with zero attached hydrogens (tertiary/aromatic N) is 2. The van der Waals surface area contributed by atoms with Crippen LogP contribution in [0, 0.1) is 11.6 Å². The fourth-order valence-electron chi connectivity index (χ4n) is 2.61. The molecule has 1 aromatic rings. The molecule has 0 spiro atoms. The molecule has 2 N–H and O–H groups in total. The van der Waals surface area contributed by atoms with Crippen LogP contribution in [0.15, 0.2) is 18.2 Å². The fourth-order valence-corrected chi connectivity index (χ4v) is 2.61. The van der Waals surface area contributed by atoms with E-state index in [0.717, 1.165) is 12.1 Å². The largest absolute Gasteiger partial charge is 0.380 e. The van der Waals surface area contributed by atoms with Crippen LogP contribution in [0.5, 0.6) is 0 Å². The maximum Gasteiger partial charge on any atom is 0.259 e. The molecule has 1 aliphatic rings. The molecule has 1 aliphatic heterocycles. The summed E-state index contributed by atoms with van der Waals surface area (Å²) in [7, 11) is 1.49. The Bertz CT molecular complexity index is 580. The van der Waals surface area contributed by atoms with Crippen molar-refractivity contribution in [2.75, 3.05) is 39.8 Å². The average molecular weight is 341 g/mol. The summed E-state index contributed by atoms with van der Waals surface area (Å²) in [6, 6.07) is 3.31. The number of methoxy groups -OCH3 is 1. The molecular weight excluding hydrogens is 320 g/mol. The summed E-state index contributed by atoms with van der Waals surface area (Å²) in [5.41, 5.74) is 4.94. The lowest BCUT2D eigenvalue weighted by molar-refractivity contribution is -0.135. The molecule has 8 heteroatoms. The number of amides is 2. The van der Waals surface area contributed by atoms with Gasteiger partial charge in [0, 0.05) is 39.8 Å². The molecule has 0 radical (unpaired) electrons. The Morgan fingerprint density at radius 1 is 1.17 bits per heavy atom. The van der Waals surface area contributed by atoms with E-state index >= 15 is 0 Å². The van der Waals surface area contributed by atoms with Gasteiger partial charge in [0.05, 0.1) is 12.5 Å². The van der Waals surface area contributed by atoms with Crippen molar-refractivity contribution in [3.63, 3.8) is 0 Å². The van der Waals surface area contributed by atoms with Gasteiger partial charge < -0.3 is 20.3 Å². The minimum atomic E-state index is -0.885. The normalized spacial score (nSPS) is 16.2. The Kier molecular flexibility index (Phi) is 6.22. The molecule has 0 aromatic heterocycles. The maximum atomic E-state index is 13.7. The molecule has 1 fully saturated rings. The third-order valence-electron chi connectivity index (χ3n) is 4.09. The molecule has 0 bridgehead atoms. The second-order valence-corrected chi connectivity index (χ2v) is 5.57. The van der Waals surface area contributed by atoms with E-state index in [1.165, 1.54) is 18.1 Å². The van der Waals surface area contributed by atoms with Gasteiger partial charge in [-0.25, -0.2) is 8.78 Å². The quantitative estimate of drug-likeness (QED) is 0.852. The van der Waals surface area contributed by atoms with Crippen LogP contribution in [0.2, 0.25) is 0 Å². The van der Waals surface area contributed by atoms with E-state index in [4.69, 9.17) is 10.5 Å². The third-order valence-corrected chi connectivity index (χ3v) is 4.09. The smallest absolute Gasteiger partial charge is 0.259 e. The van der Waals surface area contributed by atoms with Gasteiger partial charge in [-0.2, -0.15) is 0 Å². The van der Waals surface area contributed by atoms with Crippen molar-refractivity contribution in [1.82, 2.24) is 9.80 Å². The molecule has 2 amide bonds. The number of benzene rings is 1. The highest BCUT2D eigenvalue weighted by Crippen LogP contribution is 2.16. The fraction of sp³-hybridized carbons (Fsp3) is 0.500. The molecule has 1 atom stereocenters. The second-order valence-electron chi connectivity index (χ2n) is 5.57. The first kappa shape index (κ1) is 18.3. The monoisotopic (exact) mass is 341 g/mol. The van der Waals surface area contributed by atoms with Crippen LogP contribution in [-0.2, 0) is 9.53 Å². The van der Waals surface area contributed by atoms with Crippen LogP contribution in [-0.4, -0.2) is 67.6 Å². The van der Waals surface area contributed by atoms with Crippen molar-refractivity contribution in [2.24, 2.45) is 5.73 Å². The minimum absolute atomic E-state index is 0.114. The lowest BCUT2D eigenvalue weighted by Gasteiger charge is -2.35. The molecule has 0 aliphatic carbocycles. The predicted molar refractivity (Wildman–Crippen MR) is 83.3 cm³/mol. The maximum absolute atomic E-state index is 13.7. The van der Waals surface area contributed by atoms with Gasteiger partial charge >= 0.3 is 0 Å². The Morgan fingerprint density at radius 3 is 2.21 bits per heavy atom. The van der Waals surface area contributed by atoms with Crippen molar-refractivity contribution in [3.8, 4) is 0 Å². The SMILES string of the molecule is COC(CN)CC(=O)N1CCN(C(=O)c2c(F)cccc2F)CC1. The van der Waals surface area contributed by atoms with Gasteiger partial charge in [-0.1, -0.05) is 6.07 Å². The molecular formula is C16H21F2N3O3. The number of hydrogen-bond acceptors (Lipinski definition) is 4. The van der Waals surface area contributed by atoms with E-state index in [0.29, 0.717) is 13.1 Å². The number of carbonyl (C=O) groups excluding carboxylic acids is 2. The third kappa shape index (κ3) is 4.07. The van der Waals surface area contributed by atoms with Gasteiger partial charge in [0.15, 0.2) is 0 Å². The van der Waals surface area contributed by atoms with Crippen molar-refractivity contribution in [3.05, 3.63) is 35.4 Å². The lowest BCUT2D eigenvalue weighted by Crippen LogP contribution is -2.51. The van der Waals surface area contributed by atoms with Crippen LogP contribution in [0.25, 0.3) is 0 Å². The Labute approximate surface area is 139 Å². The second kappa shape index (κ2) is 8.16. The summed E-state index contributed by atoms with van der Waals surface area (Å²) in [4.78, 5) is 27.4. The van der Waals surface area contributed by atoms with Crippen LogP contribution in [0.4, 0.5) is 8.78 Å². The summed E-state index contributed by atoms with van der Waals surface area (Å²) in [5.74, 6) is -2.58. The van der Waals surface area contributed by atoms with E-state index in [9.17, 15) is 18.4 Å². The summed E-state index contributed by atoms with van der Waals surface area (Å²) < 4.78 is 32.5. The molecule has 1 aromatic carbocycles. The number of halogens is 2. The number of carbonyl (C=O) groups is 2. The van der Waals surface area contributed by atoms with Crippen LogP contribution in [0.1, 0.15) is 16.8 Å². The Morgan fingerprint density at radius 2 is 1.71 bits per heavy atom. The minimum Gasteiger partial charge on any atom is -0.380 e. The zero-order valence-electron chi connectivity index (χ0n) is 13.5. The van der Waals surface area contributed by atoms with Gasteiger partial charge in [0.2, 0.25) is 5.91 Å². The molecule has 2 rings (SSSR count). The molecule has 1 unspecified atom stereocenters. The van der Waals surface area contributed by atoms with Crippen molar-refractivity contribution >= 4 is 11.8 Å². The summed E-state index contributed by atoms with van der Waals surface area (Å²) in [5, 5.41) is 0. The van der Waals surface area contributed by atoms with Crippen LogP contribution >= 0.6 is 0 Å². The van der Waals surface area contributed by atoms with Gasteiger partial charge in [-0.15, -0.1) is 0 Å². The summed E-state index contributed by atoms with van der Waals surface area (Å²) in [6.07, 6.45) is -0.173. The highest BCUT2D eigenvalue weighted by atomic mass is 19.1. The Balaban J connectivity index is 1.95. The van der Waals surface area contributed by atoms with Gasteiger partial charge in [-0.05, 0) is 12.1 Å². The van der Waals surface area contributed by atoms with E-state index in [2.05, 4.69) is 0 Å². The van der Waals surface area contributed by atoms with Crippen LogP contribution < -0.4 is 5.73 Å². The molecule has 24 heavy (non-hydrogen) atoms. The lowest BCUT2D eigenvalue weighted by atomic mass is 10.1. The number of nitrogens with two attached hydrogens (primary N) is 1. The van der Waals surface area contributed by atoms with Gasteiger partial charge in [0.25, 0.3) is 5.91 Å². The first-order chi connectivity index (χ1) is 11.5. The highest BCUT2D eigenvalue weighted by molar-refractivity contribution is 5.95. The first-order valence-corrected chi connectivity index (χ1v) is 7.71. The number of ether oxygens (including phenoxy) is 1. The van der Waals surface area contributed by atoms with Crippen molar-refractivity contribution in [1.29, 1.82) is 0 Å². The zero-order valence-corrected chi connectivity index (χ0v) is 13.5.